The van der Waals surface area contributed by atoms with Crippen LogP contribution in [0.15, 0.2) is 0 Å². The number of rotatable bonds is 4. The zero-order valence-electron chi connectivity index (χ0n) is 13.2. The molecular weight excluding hydrogens is 260 g/mol. The van der Waals surface area contributed by atoms with Crippen molar-refractivity contribution in [1.82, 2.24) is 0 Å². The van der Waals surface area contributed by atoms with E-state index >= 15 is 0 Å². The molecule has 1 heterocycles. The molecule has 0 aromatic heterocycles. The molecular formula is C15H24O5. The predicted octanol–water partition coefficient (Wildman–Crippen LogP) is 2.61. The molecule has 20 heavy (non-hydrogen) atoms. The summed E-state index contributed by atoms with van der Waals surface area (Å²) in [4.78, 5) is 35.5. The molecule has 1 aliphatic rings. The van der Waals surface area contributed by atoms with E-state index in [0.29, 0.717) is 6.42 Å². The molecule has 2 unspecified atom stereocenters. The van der Waals surface area contributed by atoms with Crippen LogP contribution in [0.25, 0.3) is 0 Å². The van der Waals surface area contributed by atoms with Gasteiger partial charge in [-0.2, -0.15) is 0 Å². The highest BCUT2D eigenvalue weighted by atomic mass is 16.6. The number of hydrogen-bond donors (Lipinski definition) is 0. The lowest BCUT2D eigenvalue weighted by molar-refractivity contribution is -0.169. The van der Waals surface area contributed by atoms with Gasteiger partial charge in [0.15, 0.2) is 0 Å². The lowest BCUT2D eigenvalue weighted by Gasteiger charge is -2.34. The number of esters is 3. The molecule has 0 saturated carbocycles. The Morgan fingerprint density at radius 3 is 2.20 bits per heavy atom. The number of cyclic esters (lactones) is 2. The van der Waals surface area contributed by atoms with Gasteiger partial charge in [-0.25, -0.2) is 0 Å². The summed E-state index contributed by atoms with van der Waals surface area (Å²) in [6, 6.07) is 0. The van der Waals surface area contributed by atoms with Crippen LogP contribution >= 0.6 is 0 Å². The van der Waals surface area contributed by atoms with E-state index in [4.69, 9.17) is 4.74 Å². The van der Waals surface area contributed by atoms with E-state index in [1.54, 1.807) is 34.6 Å². The number of carbonyl (C=O) groups excluding carboxylic acids is 3. The van der Waals surface area contributed by atoms with Crippen molar-refractivity contribution in [3.63, 3.8) is 0 Å². The summed E-state index contributed by atoms with van der Waals surface area (Å²) in [5, 5.41) is 0. The van der Waals surface area contributed by atoms with Gasteiger partial charge in [0, 0.05) is 0 Å². The molecule has 0 amide bonds. The summed E-state index contributed by atoms with van der Waals surface area (Å²) in [6.07, 6.45) is 0.791. The summed E-state index contributed by atoms with van der Waals surface area (Å²) < 4.78 is 10.1. The second kappa shape index (κ2) is 5.19. The monoisotopic (exact) mass is 284 g/mol. The minimum Gasteiger partial charge on any atom is -0.460 e. The third-order valence-electron chi connectivity index (χ3n) is 3.69. The van der Waals surface area contributed by atoms with Crippen molar-refractivity contribution in [1.29, 1.82) is 0 Å². The zero-order chi connectivity index (χ0) is 15.8. The van der Waals surface area contributed by atoms with E-state index in [1.807, 2.05) is 6.92 Å². The molecule has 1 saturated heterocycles. The molecule has 2 atom stereocenters. The Kier molecular flexibility index (Phi) is 4.32. The molecule has 0 spiro atoms. The average molecular weight is 284 g/mol. The van der Waals surface area contributed by atoms with Gasteiger partial charge in [-0.3, -0.25) is 14.4 Å². The van der Waals surface area contributed by atoms with Crippen LogP contribution in [0.4, 0.5) is 0 Å². The predicted molar refractivity (Wildman–Crippen MR) is 72.7 cm³/mol. The van der Waals surface area contributed by atoms with E-state index in [1.165, 1.54) is 0 Å². The highest BCUT2D eigenvalue weighted by molar-refractivity contribution is 5.97. The minimum absolute atomic E-state index is 0.0181. The summed E-state index contributed by atoms with van der Waals surface area (Å²) in [5.41, 5.74) is -2.34. The van der Waals surface area contributed by atoms with E-state index in [-0.39, 0.29) is 18.8 Å². The molecule has 1 fully saturated rings. The molecule has 1 rings (SSSR count). The maximum Gasteiger partial charge on any atom is 0.320 e. The van der Waals surface area contributed by atoms with Crippen molar-refractivity contribution in [3.05, 3.63) is 0 Å². The van der Waals surface area contributed by atoms with Gasteiger partial charge in [0.1, 0.15) is 5.60 Å². The van der Waals surface area contributed by atoms with E-state index in [9.17, 15) is 14.4 Å². The van der Waals surface area contributed by atoms with Crippen LogP contribution in [0.1, 0.15) is 60.8 Å². The first kappa shape index (κ1) is 16.7. The molecule has 0 aromatic rings. The van der Waals surface area contributed by atoms with Gasteiger partial charge in [0.2, 0.25) is 0 Å². The van der Waals surface area contributed by atoms with Gasteiger partial charge in [-0.1, -0.05) is 6.92 Å². The fraction of sp³-hybridized carbons (Fsp3) is 0.800. The van der Waals surface area contributed by atoms with Crippen molar-refractivity contribution in [3.8, 4) is 0 Å². The van der Waals surface area contributed by atoms with Gasteiger partial charge in [0.25, 0.3) is 0 Å². The van der Waals surface area contributed by atoms with Crippen molar-refractivity contribution < 1.29 is 23.9 Å². The van der Waals surface area contributed by atoms with Gasteiger partial charge in [0.05, 0.1) is 17.3 Å². The van der Waals surface area contributed by atoms with Crippen LogP contribution in [0, 0.1) is 10.8 Å². The molecule has 0 aromatic carbocycles. The fourth-order valence-corrected chi connectivity index (χ4v) is 2.39. The van der Waals surface area contributed by atoms with Crippen molar-refractivity contribution in [2.45, 2.75) is 66.4 Å². The van der Waals surface area contributed by atoms with Gasteiger partial charge >= 0.3 is 17.9 Å². The zero-order valence-corrected chi connectivity index (χ0v) is 13.2. The van der Waals surface area contributed by atoms with Gasteiger partial charge in [-0.05, 0) is 47.5 Å². The molecule has 1 aliphatic heterocycles. The maximum atomic E-state index is 12.4. The van der Waals surface area contributed by atoms with E-state index in [0.717, 1.165) is 0 Å². The maximum absolute atomic E-state index is 12.4. The molecule has 0 bridgehead atoms. The Hall–Kier alpha value is -1.39. The van der Waals surface area contributed by atoms with E-state index < -0.39 is 28.4 Å². The Labute approximate surface area is 120 Å². The summed E-state index contributed by atoms with van der Waals surface area (Å²) in [7, 11) is 0. The molecule has 0 N–H and O–H groups in total. The second-order valence-corrected chi connectivity index (χ2v) is 7.09. The topological polar surface area (TPSA) is 69.7 Å². The Morgan fingerprint density at radius 2 is 1.85 bits per heavy atom. The van der Waals surface area contributed by atoms with Gasteiger partial charge in [-0.15, -0.1) is 0 Å². The van der Waals surface area contributed by atoms with Gasteiger partial charge < -0.3 is 9.47 Å². The first-order valence-corrected chi connectivity index (χ1v) is 6.90. The minimum atomic E-state index is -0.946. The Bertz CT molecular complexity index is 434. The second-order valence-electron chi connectivity index (χ2n) is 7.09. The first-order chi connectivity index (χ1) is 8.92. The molecule has 5 nitrogen and oxygen atoms in total. The average Bonchev–Trinajstić information content (AvgIpc) is 2.49. The Morgan fingerprint density at radius 1 is 1.30 bits per heavy atom. The molecule has 0 radical (unpaired) electrons. The standard InChI is InChI=1S/C15H24O5/c1-7-14(5,12(18)20-13(2,3)4)9-15(6)8-10(16)19-11(15)17/h7-9H2,1-6H3. The Balaban J connectivity index is 2.92. The number of hydrogen-bond acceptors (Lipinski definition) is 5. The highest BCUT2D eigenvalue weighted by Crippen LogP contribution is 2.44. The van der Waals surface area contributed by atoms with Crippen molar-refractivity contribution in [2.75, 3.05) is 0 Å². The normalized spacial score (nSPS) is 26.1. The lowest BCUT2D eigenvalue weighted by atomic mass is 9.70. The smallest absolute Gasteiger partial charge is 0.320 e. The van der Waals surface area contributed by atoms with Crippen LogP contribution in [0.2, 0.25) is 0 Å². The highest BCUT2D eigenvalue weighted by Gasteiger charge is 2.51. The SMILES string of the molecule is CCC(C)(CC1(C)CC(=O)OC1=O)C(=O)OC(C)(C)C. The number of carbonyl (C=O) groups is 3. The third kappa shape index (κ3) is 3.58. The molecule has 5 heteroatoms. The van der Waals surface area contributed by atoms with Crippen LogP contribution < -0.4 is 0 Å². The van der Waals surface area contributed by atoms with Crippen LogP contribution in [-0.2, 0) is 23.9 Å². The lowest BCUT2D eigenvalue weighted by Crippen LogP contribution is -2.40. The van der Waals surface area contributed by atoms with Crippen molar-refractivity contribution in [2.24, 2.45) is 10.8 Å². The van der Waals surface area contributed by atoms with Crippen molar-refractivity contribution >= 4 is 17.9 Å². The third-order valence-corrected chi connectivity index (χ3v) is 3.69. The van der Waals surface area contributed by atoms with E-state index in [2.05, 4.69) is 4.74 Å². The summed E-state index contributed by atoms with van der Waals surface area (Å²) in [6.45, 7) is 10.7. The summed E-state index contributed by atoms with van der Waals surface area (Å²) in [5.74, 6) is -1.42. The molecule has 0 aliphatic carbocycles. The first-order valence-electron chi connectivity index (χ1n) is 6.90. The quantitative estimate of drug-likeness (QED) is 0.586. The van der Waals surface area contributed by atoms with Crippen LogP contribution in [0.5, 0.6) is 0 Å². The van der Waals surface area contributed by atoms with Crippen LogP contribution in [-0.4, -0.2) is 23.5 Å². The fourth-order valence-electron chi connectivity index (χ4n) is 2.39. The van der Waals surface area contributed by atoms with Crippen LogP contribution in [0.3, 0.4) is 0 Å². The largest absolute Gasteiger partial charge is 0.460 e. The number of ether oxygens (including phenoxy) is 2. The summed E-state index contributed by atoms with van der Waals surface area (Å²) >= 11 is 0. The molecule has 114 valence electrons.